The number of carboxylic acids is 6. The highest BCUT2D eigenvalue weighted by atomic mass is 16.4. The van der Waals surface area contributed by atoms with Gasteiger partial charge in [0, 0.05) is 111 Å². The van der Waals surface area contributed by atoms with E-state index in [9.17, 15) is 63.9 Å². The first-order valence-corrected chi connectivity index (χ1v) is 28.3. The molecule has 1 unspecified atom stereocenters. The van der Waals surface area contributed by atoms with Crippen molar-refractivity contribution < 1.29 is 69.0 Å². The topological polar surface area (TPSA) is 364 Å². The number of anilines is 2. The van der Waals surface area contributed by atoms with Gasteiger partial charge in [-0.15, -0.1) is 0 Å². The molecule has 2 aromatic rings. The first-order chi connectivity index (χ1) is 38.8. The second-order valence-corrected chi connectivity index (χ2v) is 21.0. The van der Waals surface area contributed by atoms with Crippen molar-refractivity contribution in [2.24, 2.45) is 0 Å². The SMILES string of the molecule is CNc1nc(Cc2ccc(CC3CN(C)CCN(CC(=O)O)CCN(CC(=O)O)CCN3CC(=O)O)cc2)nc(N2CCN(CCCCCCCCCCC(=O)NCCCC[C@H](NC(=O)N[C@@H](CCC(=O)O)C(=O)O)C(=O)O)CC2)n1. The summed E-state index contributed by atoms with van der Waals surface area (Å²) in [5.74, 6) is -5.21. The van der Waals surface area contributed by atoms with E-state index in [4.69, 9.17) is 15.1 Å². The molecule has 0 spiro atoms. The third-order valence-electron chi connectivity index (χ3n) is 14.5. The number of amides is 3. The van der Waals surface area contributed by atoms with Crippen molar-refractivity contribution in [3.05, 3.63) is 41.2 Å². The van der Waals surface area contributed by atoms with Crippen LogP contribution in [0.25, 0.3) is 0 Å². The summed E-state index contributed by atoms with van der Waals surface area (Å²) in [6.45, 7) is 7.04. The van der Waals surface area contributed by atoms with Crippen LogP contribution < -0.4 is 26.2 Å². The summed E-state index contributed by atoms with van der Waals surface area (Å²) < 4.78 is 0. The van der Waals surface area contributed by atoms with Crippen molar-refractivity contribution in [1.29, 1.82) is 0 Å². The van der Waals surface area contributed by atoms with E-state index in [1.807, 2.05) is 36.2 Å². The lowest BCUT2D eigenvalue weighted by atomic mass is 10.0. The van der Waals surface area contributed by atoms with E-state index in [1.54, 1.807) is 16.8 Å². The van der Waals surface area contributed by atoms with Gasteiger partial charge in [0.1, 0.15) is 17.9 Å². The van der Waals surface area contributed by atoms with Crippen molar-refractivity contribution in [1.82, 2.24) is 55.4 Å². The van der Waals surface area contributed by atoms with Gasteiger partial charge in [-0.3, -0.25) is 43.6 Å². The van der Waals surface area contributed by atoms with E-state index in [2.05, 4.69) is 41.0 Å². The predicted octanol–water partition coefficient (Wildman–Crippen LogP) is 1.51. The van der Waals surface area contributed by atoms with Gasteiger partial charge in [0.25, 0.3) is 0 Å². The molecule has 10 N–H and O–H groups in total. The molecule has 2 aliphatic rings. The number of aromatic nitrogens is 3. The molecule has 0 bridgehead atoms. The quantitative estimate of drug-likeness (QED) is 0.0437. The van der Waals surface area contributed by atoms with Crippen LogP contribution in [-0.2, 0) is 46.4 Å². The van der Waals surface area contributed by atoms with E-state index >= 15 is 0 Å². The number of likely N-dealkylation sites (N-methyl/N-ethyl adjacent to an activating group) is 1. The van der Waals surface area contributed by atoms with Crippen LogP contribution in [0.3, 0.4) is 0 Å². The first kappa shape index (κ1) is 66.7. The molecule has 4 rings (SSSR count). The molecule has 2 saturated heterocycles. The van der Waals surface area contributed by atoms with Crippen molar-refractivity contribution >= 4 is 59.7 Å². The van der Waals surface area contributed by atoms with Crippen LogP contribution in [0.5, 0.6) is 0 Å². The minimum Gasteiger partial charge on any atom is -0.481 e. The molecule has 1 aromatic carbocycles. The number of hydrogen-bond acceptors (Lipinski definition) is 18. The highest BCUT2D eigenvalue weighted by molar-refractivity contribution is 5.86. The van der Waals surface area contributed by atoms with Gasteiger partial charge in [0.05, 0.1) is 19.6 Å². The number of rotatable bonds is 35. The number of benzene rings is 1. The van der Waals surface area contributed by atoms with Crippen LogP contribution in [-0.4, -0.2) is 255 Å². The molecule has 0 saturated carbocycles. The summed E-state index contributed by atoms with van der Waals surface area (Å²) in [4.78, 5) is 120. The molecule has 0 radical (unpaired) electrons. The zero-order chi connectivity index (χ0) is 59.1. The summed E-state index contributed by atoms with van der Waals surface area (Å²) in [6.07, 6.45) is 9.96. The molecule has 3 atom stereocenters. The number of unbranched alkanes of at least 4 members (excludes halogenated alkanes) is 8. The number of nitrogens with one attached hydrogen (secondary N) is 4. The number of carbonyl (C=O) groups excluding carboxylic acids is 2. The Bertz CT molecular complexity index is 2310. The summed E-state index contributed by atoms with van der Waals surface area (Å²) in [5, 5.41) is 66.8. The molecule has 27 nitrogen and oxygen atoms in total. The molecule has 2 fully saturated rings. The Labute approximate surface area is 473 Å². The average Bonchev–Trinajstić information content (AvgIpc) is 3.41. The van der Waals surface area contributed by atoms with Gasteiger partial charge in [-0.1, -0.05) is 62.8 Å². The Hall–Kier alpha value is -6.81. The van der Waals surface area contributed by atoms with Crippen molar-refractivity contribution in [2.75, 3.05) is 129 Å². The maximum absolute atomic E-state index is 12.3. The zero-order valence-corrected chi connectivity index (χ0v) is 47.1. The molecule has 27 heteroatoms. The molecular formula is C54H87N13O14. The number of piperazine rings is 1. The Morgan fingerprint density at radius 3 is 1.69 bits per heavy atom. The lowest BCUT2D eigenvalue weighted by Crippen LogP contribution is -2.52. The summed E-state index contributed by atoms with van der Waals surface area (Å²) in [5.41, 5.74) is 2.01. The highest BCUT2D eigenvalue weighted by Gasteiger charge is 2.28. The van der Waals surface area contributed by atoms with Gasteiger partial charge in [0.2, 0.25) is 17.8 Å². The highest BCUT2D eigenvalue weighted by Crippen LogP contribution is 2.19. The monoisotopic (exact) mass is 1140 g/mol. The van der Waals surface area contributed by atoms with Crippen LogP contribution in [0.1, 0.15) is 107 Å². The lowest BCUT2D eigenvalue weighted by Gasteiger charge is -2.37. The predicted molar refractivity (Wildman–Crippen MR) is 299 cm³/mol. The number of urea groups is 1. The molecule has 452 valence electrons. The molecule has 3 heterocycles. The minimum atomic E-state index is -1.48. The van der Waals surface area contributed by atoms with Gasteiger partial charge in [-0.2, -0.15) is 15.0 Å². The van der Waals surface area contributed by atoms with E-state index in [-0.39, 0.29) is 44.4 Å². The summed E-state index contributed by atoms with van der Waals surface area (Å²) in [6, 6.07) is 4.14. The van der Waals surface area contributed by atoms with Gasteiger partial charge < -0.3 is 61.7 Å². The summed E-state index contributed by atoms with van der Waals surface area (Å²) >= 11 is 0. The fourth-order valence-electron chi connectivity index (χ4n) is 9.88. The molecule has 2 aliphatic heterocycles. The largest absolute Gasteiger partial charge is 0.481 e. The lowest BCUT2D eigenvalue weighted by molar-refractivity contribution is -0.141. The van der Waals surface area contributed by atoms with Crippen molar-refractivity contribution in [3.63, 3.8) is 0 Å². The van der Waals surface area contributed by atoms with Gasteiger partial charge in [0.15, 0.2) is 0 Å². The van der Waals surface area contributed by atoms with E-state index in [0.717, 1.165) is 95.2 Å². The Kier molecular flexibility index (Phi) is 30.1. The Balaban J connectivity index is 1.12. The minimum absolute atomic E-state index is 0.0586. The molecule has 81 heavy (non-hydrogen) atoms. The number of nitrogens with zero attached hydrogens (tertiary/aromatic N) is 9. The normalized spacial score (nSPS) is 17.2. The van der Waals surface area contributed by atoms with Gasteiger partial charge in [-0.05, 0) is 69.7 Å². The third-order valence-corrected chi connectivity index (χ3v) is 14.5. The van der Waals surface area contributed by atoms with Gasteiger partial charge in [-0.25, -0.2) is 14.4 Å². The summed E-state index contributed by atoms with van der Waals surface area (Å²) in [7, 11) is 3.73. The number of aliphatic carboxylic acids is 6. The molecular weight excluding hydrogens is 1050 g/mol. The molecule has 1 aromatic heterocycles. The molecule has 3 amide bonds. The maximum Gasteiger partial charge on any atom is 0.326 e. The Morgan fingerprint density at radius 2 is 1.11 bits per heavy atom. The average molecular weight is 1140 g/mol. The maximum atomic E-state index is 12.3. The second kappa shape index (κ2) is 36.5. The first-order valence-electron chi connectivity index (χ1n) is 28.3. The smallest absolute Gasteiger partial charge is 0.326 e. The Morgan fingerprint density at radius 1 is 0.568 bits per heavy atom. The zero-order valence-electron chi connectivity index (χ0n) is 47.1. The fraction of sp³-hybridized carbons (Fsp3) is 0.685. The van der Waals surface area contributed by atoms with E-state index in [1.165, 1.54) is 0 Å². The van der Waals surface area contributed by atoms with Gasteiger partial charge >= 0.3 is 41.8 Å². The van der Waals surface area contributed by atoms with Crippen molar-refractivity contribution in [3.8, 4) is 0 Å². The third kappa shape index (κ3) is 27.5. The van der Waals surface area contributed by atoms with Crippen LogP contribution in [0.2, 0.25) is 0 Å². The standard InChI is InChI=1S/C54H87N13O14/c1-55-52-59-44(34-40-17-15-39(16-18-40)33-41-35-62(2)23-24-64(36-47(71)72)25-26-65(37-48(73)74)29-32-67(41)38-49(75)76)60-53(61-52)66-30-27-63(28-31-66)22-12-8-6-4-3-5-7-9-14-45(68)56-21-11-10-13-42(50(77)78)57-54(81)58-43(51(79)80)19-20-46(69)70/h15-18,41-43H,3-14,19-38H2,1-2H3,(H,56,68)(H,69,70)(H,71,72)(H,73,74)(H,75,76)(H,77,78)(H,79,80)(H2,57,58,81)(H,55,59,60,61)/t41?,42-,43-/m0/s1. The van der Waals surface area contributed by atoms with Crippen molar-refractivity contribution in [2.45, 2.75) is 121 Å². The van der Waals surface area contributed by atoms with Crippen LogP contribution in [0.15, 0.2) is 24.3 Å². The molecule has 0 aliphatic carbocycles. The van der Waals surface area contributed by atoms with Crippen LogP contribution >= 0.6 is 0 Å². The van der Waals surface area contributed by atoms with Crippen LogP contribution in [0.4, 0.5) is 16.7 Å². The van der Waals surface area contributed by atoms with E-state index in [0.29, 0.717) is 102 Å². The van der Waals surface area contributed by atoms with E-state index < -0.39 is 60.4 Å². The second-order valence-electron chi connectivity index (χ2n) is 21.0. The van der Waals surface area contributed by atoms with Crippen LogP contribution in [0, 0.1) is 0 Å². The fourth-order valence-corrected chi connectivity index (χ4v) is 9.88. The number of carboxylic acid groups (broad SMARTS) is 6. The number of hydrogen-bond donors (Lipinski definition) is 10. The number of carbonyl (C=O) groups is 8.